The highest BCUT2D eigenvalue weighted by molar-refractivity contribution is 6.32. The first kappa shape index (κ1) is 20.5. The molecule has 3 aromatic rings. The molecule has 1 aromatic carbocycles. The minimum absolute atomic E-state index is 0.246. The summed E-state index contributed by atoms with van der Waals surface area (Å²) in [5.74, 6) is 0. The molecule has 0 radical (unpaired) electrons. The number of halogens is 1. The van der Waals surface area contributed by atoms with E-state index in [4.69, 9.17) is 16.7 Å². The van der Waals surface area contributed by atoms with Gasteiger partial charge >= 0.3 is 0 Å². The molecular formula is C21H23ClN2O4. The van der Waals surface area contributed by atoms with Gasteiger partial charge in [0.25, 0.3) is 0 Å². The lowest BCUT2D eigenvalue weighted by Gasteiger charge is -2.21. The smallest absolute Gasteiger partial charge is 0.191 e. The van der Waals surface area contributed by atoms with Crippen molar-refractivity contribution in [1.82, 2.24) is 9.55 Å². The summed E-state index contributed by atoms with van der Waals surface area (Å²) >= 11 is 6.49. The molecule has 0 aliphatic heterocycles. The highest BCUT2D eigenvalue weighted by Gasteiger charge is 2.19. The molecule has 28 heavy (non-hydrogen) atoms. The Labute approximate surface area is 167 Å². The van der Waals surface area contributed by atoms with Crippen molar-refractivity contribution in [3.63, 3.8) is 0 Å². The molecule has 6 nitrogen and oxygen atoms in total. The molecule has 0 aliphatic rings. The summed E-state index contributed by atoms with van der Waals surface area (Å²) < 4.78 is 1.82. The van der Waals surface area contributed by atoms with Gasteiger partial charge in [-0.3, -0.25) is 9.78 Å². The molecule has 0 amide bonds. The van der Waals surface area contributed by atoms with Crippen LogP contribution < -0.4 is 5.43 Å². The number of aliphatic hydroxyl groups is 3. The third-order valence-electron chi connectivity index (χ3n) is 4.87. The first-order chi connectivity index (χ1) is 13.4. The second-order valence-electron chi connectivity index (χ2n) is 6.89. The Hall–Kier alpha value is -2.25. The van der Waals surface area contributed by atoms with Gasteiger partial charge in [-0.25, -0.2) is 0 Å². The van der Waals surface area contributed by atoms with Crippen molar-refractivity contribution in [2.75, 3.05) is 6.61 Å². The first-order valence-corrected chi connectivity index (χ1v) is 9.45. The molecule has 7 heteroatoms. The maximum absolute atomic E-state index is 12.9. The highest BCUT2D eigenvalue weighted by atomic mass is 35.5. The second kappa shape index (κ2) is 8.41. The van der Waals surface area contributed by atoms with Crippen molar-refractivity contribution in [3.05, 3.63) is 68.2 Å². The van der Waals surface area contributed by atoms with Crippen LogP contribution in [0.15, 0.2) is 35.3 Å². The van der Waals surface area contributed by atoms with Crippen LogP contribution in [0.4, 0.5) is 0 Å². The maximum atomic E-state index is 12.9. The van der Waals surface area contributed by atoms with Gasteiger partial charge in [-0.05, 0) is 43.9 Å². The van der Waals surface area contributed by atoms with Crippen molar-refractivity contribution in [2.24, 2.45) is 0 Å². The molecule has 0 fully saturated rings. The molecule has 0 aliphatic carbocycles. The fourth-order valence-electron chi connectivity index (χ4n) is 3.48. The topological polar surface area (TPSA) is 95.6 Å². The normalized spacial score (nSPS) is 12.5. The molecule has 0 saturated heterocycles. The third-order valence-corrected chi connectivity index (χ3v) is 5.17. The lowest BCUT2D eigenvalue weighted by Crippen LogP contribution is -2.18. The largest absolute Gasteiger partial charge is 0.394 e. The lowest BCUT2D eigenvalue weighted by molar-refractivity contribution is 0.0884. The van der Waals surface area contributed by atoms with Crippen LogP contribution in [0.3, 0.4) is 0 Å². The molecule has 148 valence electrons. The van der Waals surface area contributed by atoms with Crippen molar-refractivity contribution >= 4 is 22.5 Å². The monoisotopic (exact) mass is 402 g/mol. The van der Waals surface area contributed by atoms with E-state index in [0.29, 0.717) is 39.4 Å². The van der Waals surface area contributed by atoms with E-state index in [9.17, 15) is 15.0 Å². The zero-order valence-electron chi connectivity index (χ0n) is 15.8. The van der Waals surface area contributed by atoms with E-state index in [0.717, 1.165) is 11.1 Å². The van der Waals surface area contributed by atoms with Crippen LogP contribution in [0.2, 0.25) is 5.02 Å². The van der Waals surface area contributed by atoms with Crippen LogP contribution in [0.25, 0.3) is 16.6 Å². The Morgan fingerprint density at radius 2 is 1.96 bits per heavy atom. The van der Waals surface area contributed by atoms with Crippen LogP contribution in [0, 0.1) is 13.8 Å². The van der Waals surface area contributed by atoms with Crippen LogP contribution in [0.1, 0.15) is 28.9 Å². The first-order valence-electron chi connectivity index (χ1n) is 9.07. The molecule has 3 N–H and O–H groups in total. The molecule has 0 bridgehead atoms. The van der Waals surface area contributed by atoms with Crippen LogP contribution in [0.5, 0.6) is 0 Å². The number of fused-ring (bicyclic) bond motifs is 1. The van der Waals surface area contributed by atoms with Crippen molar-refractivity contribution < 1.29 is 15.3 Å². The lowest BCUT2D eigenvalue weighted by atomic mass is 10.0. The van der Waals surface area contributed by atoms with Gasteiger partial charge in [0.1, 0.15) is 0 Å². The number of nitrogens with zero attached hydrogens (tertiary/aromatic N) is 2. The highest BCUT2D eigenvalue weighted by Crippen LogP contribution is 2.30. The van der Waals surface area contributed by atoms with Gasteiger partial charge in [0.05, 0.1) is 52.3 Å². The van der Waals surface area contributed by atoms with Gasteiger partial charge < -0.3 is 19.9 Å². The predicted molar refractivity (Wildman–Crippen MR) is 109 cm³/mol. The van der Waals surface area contributed by atoms with Gasteiger partial charge in [-0.15, -0.1) is 0 Å². The number of hydrogen-bond acceptors (Lipinski definition) is 5. The van der Waals surface area contributed by atoms with E-state index in [2.05, 4.69) is 4.98 Å². The Balaban J connectivity index is 2.38. The summed E-state index contributed by atoms with van der Waals surface area (Å²) in [6.07, 6.45) is 1.43. The maximum Gasteiger partial charge on any atom is 0.191 e. The molecular weight excluding hydrogens is 380 g/mol. The van der Waals surface area contributed by atoms with Gasteiger partial charge in [-0.1, -0.05) is 23.7 Å². The molecule has 0 saturated carbocycles. The predicted octanol–water partition coefficient (Wildman–Crippen LogP) is 2.43. The summed E-state index contributed by atoms with van der Waals surface area (Å²) in [5.41, 5.74) is 3.74. The van der Waals surface area contributed by atoms with Crippen LogP contribution in [-0.4, -0.2) is 37.6 Å². The number of aryl methyl sites for hydroxylation is 3. The van der Waals surface area contributed by atoms with E-state index in [1.54, 1.807) is 12.3 Å². The standard InChI is InChI=1S/C21H23ClN2O4/c1-12-4-3-5-16(22)20(12)24-14(10-25)8-18(28)19-17(7-6-15(27)11-26)23-9-13(2)21(19)24/h3-5,8-9,15,25-27H,6-7,10-11H2,1-2H3. The number of hydrogen-bond donors (Lipinski definition) is 3. The molecule has 2 aromatic heterocycles. The number of pyridine rings is 2. The molecule has 1 atom stereocenters. The number of para-hydroxylation sites is 1. The Morgan fingerprint density at radius 1 is 1.21 bits per heavy atom. The fourth-order valence-corrected chi connectivity index (χ4v) is 3.78. The van der Waals surface area contributed by atoms with Crippen molar-refractivity contribution in [3.8, 4) is 5.69 Å². The van der Waals surface area contributed by atoms with Gasteiger partial charge in [-0.2, -0.15) is 0 Å². The fraction of sp³-hybridized carbons (Fsp3) is 0.333. The van der Waals surface area contributed by atoms with E-state index in [1.165, 1.54) is 6.07 Å². The summed E-state index contributed by atoms with van der Waals surface area (Å²) in [6.45, 7) is 3.10. The summed E-state index contributed by atoms with van der Waals surface area (Å²) in [4.78, 5) is 17.3. The average molecular weight is 403 g/mol. The van der Waals surface area contributed by atoms with Gasteiger partial charge in [0.2, 0.25) is 0 Å². The average Bonchev–Trinajstić information content (AvgIpc) is 2.68. The number of aliphatic hydroxyl groups excluding tert-OH is 3. The Morgan fingerprint density at radius 3 is 2.61 bits per heavy atom. The number of benzene rings is 1. The van der Waals surface area contributed by atoms with Crippen LogP contribution in [-0.2, 0) is 13.0 Å². The minimum Gasteiger partial charge on any atom is -0.394 e. The SMILES string of the molecule is Cc1cccc(Cl)c1-n1c(CO)cc(=O)c2c(CCC(O)CO)ncc(C)c21. The van der Waals surface area contributed by atoms with E-state index in [-0.39, 0.29) is 25.1 Å². The number of rotatable bonds is 6. The van der Waals surface area contributed by atoms with Crippen molar-refractivity contribution in [1.29, 1.82) is 0 Å². The second-order valence-corrected chi connectivity index (χ2v) is 7.29. The molecule has 2 heterocycles. The zero-order chi connectivity index (χ0) is 20.4. The van der Waals surface area contributed by atoms with E-state index < -0.39 is 6.10 Å². The Bertz CT molecular complexity index is 1060. The van der Waals surface area contributed by atoms with Crippen molar-refractivity contribution in [2.45, 2.75) is 39.4 Å². The Kier molecular flexibility index (Phi) is 6.15. The van der Waals surface area contributed by atoms with Crippen LogP contribution >= 0.6 is 11.6 Å². The third kappa shape index (κ3) is 3.69. The van der Waals surface area contributed by atoms with Gasteiger partial charge in [0, 0.05) is 12.3 Å². The summed E-state index contributed by atoms with van der Waals surface area (Å²) in [5, 5.41) is 29.6. The van der Waals surface area contributed by atoms with E-state index in [1.807, 2.05) is 30.5 Å². The quantitative estimate of drug-likeness (QED) is 0.588. The summed E-state index contributed by atoms with van der Waals surface area (Å²) in [7, 11) is 0. The van der Waals surface area contributed by atoms with Gasteiger partial charge in [0.15, 0.2) is 5.43 Å². The summed E-state index contributed by atoms with van der Waals surface area (Å²) in [6, 6.07) is 6.93. The number of aromatic nitrogens is 2. The minimum atomic E-state index is -0.872. The zero-order valence-corrected chi connectivity index (χ0v) is 16.6. The molecule has 0 spiro atoms. The molecule has 1 unspecified atom stereocenters. The van der Waals surface area contributed by atoms with E-state index >= 15 is 0 Å². The molecule has 3 rings (SSSR count).